The molecule has 1 atom stereocenters. The highest BCUT2D eigenvalue weighted by atomic mass is 35.5. The van der Waals surface area contributed by atoms with E-state index in [1.807, 2.05) is 48.8 Å². The van der Waals surface area contributed by atoms with Gasteiger partial charge in [-0.3, -0.25) is 24.8 Å². The van der Waals surface area contributed by atoms with Gasteiger partial charge in [0.1, 0.15) is 11.4 Å². The van der Waals surface area contributed by atoms with Crippen molar-refractivity contribution < 1.29 is 14.3 Å². The summed E-state index contributed by atoms with van der Waals surface area (Å²) in [6, 6.07) is 11.6. The van der Waals surface area contributed by atoms with Crippen molar-refractivity contribution in [1.29, 1.82) is 0 Å². The Balaban J connectivity index is 1.21. The molecule has 6 rings (SSSR count). The molecule has 260 valence electrons. The SMILES string of the molecule is CCN(CCc1cn[nH]c1)Cc1ncc(-c2cccc(-c3cccc(-c4cnc(CNCC5CCC(=O)N5)c(OC)n4)c3Cl)c2Cl)nc1OC. The van der Waals surface area contributed by atoms with E-state index < -0.39 is 0 Å². The minimum absolute atomic E-state index is 0.0845. The van der Waals surface area contributed by atoms with Crippen LogP contribution in [0.4, 0.5) is 0 Å². The first kappa shape index (κ1) is 35.2. The van der Waals surface area contributed by atoms with Gasteiger partial charge in [-0.25, -0.2) is 9.97 Å². The number of rotatable bonds is 15. The zero-order chi connectivity index (χ0) is 35.0. The van der Waals surface area contributed by atoms with Crippen LogP contribution in [0.25, 0.3) is 33.6 Å². The monoisotopic (exact) mass is 715 g/mol. The molecule has 0 aliphatic carbocycles. The lowest BCUT2D eigenvalue weighted by atomic mass is 9.98. The lowest BCUT2D eigenvalue weighted by Crippen LogP contribution is -2.35. The molecule has 0 spiro atoms. The number of likely N-dealkylation sites (N-methyl/N-ethyl adjacent to an activating group) is 1. The van der Waals surface area contributed by atoms with Gasteiger partial charge in [0.05, 0.1) is 54.2 Å². The van der Waals surface area contributed by atoms with Crippen molar-refractivity contribution in [2.24, 2.45) is 0 Å². The summed E-state index contributed by atoms with van der Waals surface area (Å²) < 4.78 is 11.3. The number of amides is 1. The van der Waals surface area contributed by atoms with E-state index in [0.717, 1.165) is 48.3 Å². The van der Waals surface area contributed by atoms with Gasteiger partial charge >= 0.3 is 0 Å². The van der Waals surface area contributed by atoms with Gasteiger partial charge in [-0.1, -0.05) is 66.5 Å². The molecule has 1 amide bonds. The second kappa shape index (κ2) is 16.4. The van der Waals surface area contributed by atoms with Gasteiger partial charge in [-0.15, -0.1) is 0 Å². The van der Waals surface area contributed by atoms with E-state index in [9.17, 15) is 4.79 Å². The van der Waals surface area contributed by atoms with Gasteiger partial charge in [0.2, 0.25) is 17.7 Å². The predicted molar refractivity (Wildman–Crippen MR) is 193 cm³/mol. The molecular formula is C36H39Cl2N9O3. The second-order valence-corrected chi connectivity index (χ2v) is 12.7. The quantitative estimate of drug-likeness (QED) is 0.123. The average Bonchev–Trinajstić information content (AvgIpc) is 3.82. The number of halogens is 2. The Morgan fingerprint density at radius 2 is 1.52 bits per heavy atom. The molecule has 3 N–H and O–H groups in total. The van der Waals surface area contributed by atoms with Crippen LogP contribution in [0.2, 0.25) is 10.0 Å². The molecule has 2 aromatic carbocycles. The van der Waals surface area contributed by atoms with E-state index in [1.165, 1.54) is 0 Å². The maximum absolute atomic E-state index is 11.5. The summed E-state index contributed by atoms with van der Waals surface area (Å²) in [5.74, 6) is 0.923. The average molecular weight is 717 g/mol. The van der Waals surface area contributed by atoms with Crippen LogP contribution in [0.15, 0.2) is 61.2 Å². The highest BCUT2D eigenvalue weighted by molar-refractivity contribution is 6.39. The predicted octanol–water partition coefficient (Wildman–Crippen LogP) is 5.75. The molecule has 5 aromatic rings. The molecule has 50 heavy (non-hydrogen) atoms. The molecule has 1 unspecified atom stereocenters. The number of hydrogen-bond acceptors (Lipinski definition) is 10. The number of methoxy groups -OCH3 is 2. The van der Waals surface area contributed by atoms with Crippen LogP contribution < -0.4 is 20.1 Å². The highest BCUT2D eigenvalue weighted by Crippen LogP contribution is 2.42. The van der Waals surface area contributed by atoms with E-state index in [-0.39, 0.29) is 11.9 Å². The van der Waals surface area contributed by atoms with Gasteiger partial charge in [0.15, 0.2) is 0 Å². The molecule has 14 heteroatoms. The summed E-state index contributed by atoms with van der Waals surface area (Å²) in [6.45, 7) is 5.48. The molecule has 0 bridgehead atoms. The molecule has 0 saturated carbocycles. The Bertz CT molecular complexity index is 1940. The van der Waals surface area contributed by atoms with Gasteiger partial charge < -0.3 is 20.1 Å². The highest BCUT2D eigenvalue weighted by Gasteiger charge is 2.22. The maximum atomic E-state index is 11.5. The third kappa shape index (κ3) is 8.05. The number of H-pyrrole nitrogens is 1. The lowest BCUT2D eigenvalue weighted by molar-refractivity contribution is -0.119. The Hall–Kier alpha value is -4.62. The smallest absolute Gasteiger partial charge is 0.237 e. The number of hydrogen-bond donors (Lipinski definition) is 3. The normalized spacial score (nSPS) is 14.3. The fourth-order valence-electron chi connectivity index (χ4n) is 5.94. The minimum Gasteiger partial charge on any atom is -0.480 e. The summed E-state index contributed by atoms with van der Waals surface area (Å²) >= 11 is 14.2. The summed E-state index contributed by atoms with van der Waals surface area (Å²) in [5, 5.41) is 14.1. The number of benzene rings is 2. The Kier molecular flexibility index (Phi) is 11.5. The third-order valence-corrected chi connectivity index (χ3v) is 9.52. The number of aromatic nitrogens is 6. The largest absolute Gasteiger partial charge is 0.480 e. The van der Waals surface area contributed by atoms with Crippen LogP contribution >= 0.6 is 23.2 Å². The van der Waals surface area contributed by atoms with E-state index >= 15 is 0 Å². The first-order valence-electron chi connectivity index (χ1n) is 16.5. The van der Waals surface area contributed by atoms with Crippen LogP contribution in [-0.2, 0) is 24.3 Å². The van der Waals surface area contributed by atoms with Crippen LogP contribution in [-0.4, -0.2) is 80.8 Å². The maximum Gasteiger partial charge on any atom is 0.237 e. The van der Waals surface area contributed by atoms with Gasteiger partial charge in [-0.2, -0.15) is 5.10 Å². The Morgan fingerprint density at radius 3 is 2.08 bits per heavy atom. The second-order valence-electron chi connectivity index (χ2n) is 11.9. The molecule has 0 radical (unpaired) electrons. The molecule has 1 fully saturated rings. The van der Waals surface area contributed by atoms with Crippen LogP contribution in [0.5, 0.6) is 11.8 Å². The number of carbonyl (C=O) groups is 1. The molecule has 1 aliphatic heterocycles. The minimum atomic E-state index is 0.0845. The lowest BCUT2D eigenvalue weighted by Gasteiger charge is -2.20. The van der Waals surface area contributed by atoms with Crippen molar-refractivity contribution in [1.82, 2.24) is 45.7 Å². The number of aromatic amines is 1. The first-order chi connectivity index (χ1) is 24.4. The van der Waals surface area contributed by atoms with Crippen molar-refractivity contribution >= 4 is 29.1 Å². The summed E-state index contributed by atoms with van der Waals surface area (Å²) in [4.78, 5) is 32.7. The van der Waals surface area contributed by atoms with E-state index in [2.05, 4.69) is 37.6 Å². The van der Waals surface area contributed by atoms with E-state index in [4.69, 9.17) is 47.6 Å². The fourth-order valence-corrected chi connectivity index (χ4v) is 6.59. The van der Waals surface area contributed by atoms with Crippen molar-refractivity contribution in [2.45, 2.75) is 45.3 Å². The topological polar surface area (TPSA) is 143 Å². The van der Waals surface area contributed by atoms with Crippen molar-refractivity contribution in [3.63, 3.8) is 0 Å². The molecule has 1 saturated heterocycles. The van der Waals surface area contributed by atoms with Crippen molar-refractivity contribution in [3.8, 4) is 45.4 Å². The number of ether oxygens (including phenoxy) is 2. The molecule has 4 heterocycles. The molecule has 1 aliphatic rings. The third-order valence-electron chi connectivity index (χ3n) is 8.71. The Morgan fingerprint density at radius 1 is 0.900 bits per heavy atom. The van der Waals surface area contributed by atoms with Crippen LogP contribution in [0.1, 0.15) is 36.7 Å². The van der Waals surface area contributed by atoms with Crippen molar-refractivity contribution in [3.05, 3.63) is 88.2 Å². The molecular weight excluding hydrogens is 677 g/mol. The van der Waals surface area contributed by atoms with Crippen LogP contribution in [0.3, 0.4) is 0 Å². The zero-order valence-electron chi connectivity index (χ0n) is 28.2. The van der Waals surface area contributed by atoms with Gasteiger partial charge in [0.25, 0.3) is 0 Å². The Labute approximate surface area is 301 Å². The number of carbonyl (C=O) groups excluding carboxylic acids is 1. The summed E-state index contributed by atoms with van der Waals surface area (Å²) in [5.41, 5.74) is 6.54. The number of nitrogens with zero attached hydrogens (tertiary/aromatic N) is 6. The molecule has 12 nitrogen and oxygen atoms in total. The summed E-state index contributed by atoms with van der Waals surface area (Å²) in [7, 11) is 3.16. The van der Waals surface area contributed by atoms with Crippen LogP contribution in [0, 0.1) is 0 Å². The van der Waals surface area contributed by atoms with E-state index in [0.29, 0.717) is 76.1 Å². The zero-order valence-corrected chi connectivity index (χ0v) is 29.7. The van der Waals surface area contributed by atoms with E-state index in [1.54, 1.807) is 26.6 Å². The molecule has 3 aromatic heterocycles. The standard InChI is InChI=1S/C36H39Cl2N9O3/c1-4-47(14-13-22-15-42-43-16-22)21-31-36(50-3)46-29(20-41-31)27-10-6-8-25(34(27)38)24-7-5-9-26(33(24)37)28-19-40-30(35(45-28)49-2)18-39-17-23-11-12-32(48)44-23/h5-10,15-16,19-20,23,39H,4,11-14,17-18,21H2,1-3H3,(H,42,43)(H,44,48). The van der Waals surface area contributed by atoms with Gasteiger partial charge in [0, 0.05) is 67.1 Å². The summed E-state index contributed by atoms with van der Waals surface area (Å²) in [6.07, 6.45) is 9.41. The van der Waals surface area contributed by atoms with Gasteiger partial charge in [-0.05, 0) is 24.9 Å². The number of nitrogens with one attached hydrogen (secondary N) is 3. The van der Waals surface area contributed by atoms with Crippen molar-refractivity contribution in [2.75, 3.05) is 33.9 Å². The fraction of sp³-hybridized carbons (Fsp3) is 0.333. The first-order valence-corrected chi connectivity index (χ1v) is 17.2.